The van der Waals surface area contributed by atoms with Crippen molar-refractivity contribution < 1.29 is 9.18 Å². The second kappa shape index (κ2) is 7.54. The lowest BCUT2D eigenvalue weighted by atomic mass is 10.1. The van der Waals surface area contributed by atoms with Gasteiger partial charge in [0, 0.05) is 21.5 Å². The fourth-order valence-corrected chi connectivity index (χ4v) is 4.32. The minimum absolute atomic E-state index is 0.158. The molecule has 0 unspecified atom stereocenters. The number of Topliss-reactive ketones (excluding diaryl/α,β-unsaturated/α-hetero) is 1. The van der Waals surface area contributed by atoms with E-state index in [0.717, 1.165) is 11.1 Å². The first-order valence-electron chi connectivity index (χ1n) is 8.89. The van der Waals surface area contributed by atoms with Crippen molar-refractivity contribution in [3.05, 3.63) is 86.0 Å². The van der Waals surface area contributed by atoms with Crippen LogP contribution in [0.15, 0.2) is 52.6 Å². The molecule has 0 N–H and O–H groups in total. The van der Waals surface area contributed by atoms with Crippen LogP contribution in [0.3, 0.4) is 0 Å². The predicted octanol–water partition coefficient (Wildman–Crippen LogP) is 5.42. The normalized spacial score (nSPS) is 11.2. The Bertz CT molecular complexity index is 1310. The van der Waals surface area contributed by atoms with Crippen molar-refractivity contribution in [3.8, 4) is 11.1 Å². The van der Waals surface area contributed by atoms with Crippen LogP contribution in [0, 0.1) is 19.7 Å². The summed E-state index contributed by atoms with van der Waals surface area (Å²) in [7, 11) is 0. The number of ketones is 1. The van der Waals surface area contributed by atoms with Crippen LogP contribution in [0.25, 0.3) is 21.3 Å². The third kappa shape index (κ3) is 3.61. The molecule has 146 valence electrons. The molecule has 0 saturated carbocycles. The standard InChI is InChI=1S/C22H16ClFN2O2S/c1-12-9-15(5-8-18(12)24)19(27)10-26-13(2)25-21-20(22(26)28)17(11-29-21)14-3-6-16(23)7-4-14/h3-9,11H,10H2,1-2H3. The summed E-state index contributed by atoms with van der Waals surface area (Å²) < 4.78 is 14.9. The third-order valence-electron chi connectivity index (χ3n) is 4.82. The number of hydrogen-bond donors (Lipinski definition) is 0. The monoisotopic (exact) mass is 426 g/mol. The highest BCUT2D eigenvalue weighted by Gasteiger charge is 2.18. The van der Waals surface area contributed by atoms with Gasteiger partial charge in [-0.2, -0.15) is 0 Å². The molecule has 29 heavy (non-hydrogen) atoms. The average molecular weight is 427 g/mol. The first-order chi connectivity index (χ1) is 13.8. The van der Waals surface area contributed by atoms with Gasteiger partial charge in [-0.1, -0.05) is 23.7 Å². The minimum Gasteiger partial charge on any atom is -0.292 e. The molecule has 4 nitrogen and oxygen atoms in total. The maximum atomic E-state index is 13.5. The number of benzene rings is 2. The van der Waals surface area contributed by atoms with E-state index in [-0.39, 0.29) is 23.7 Å². The predicted molar refractivity (Wildman–Crippen MR) is 115 cm³/mol. The molecule has 0 aliphatic heterocycles. The van der Waals surface area contributed by atoms with Gasteiger partial charge in [0.1, 0.15) is 16.5 Å². The zero-order valence-corrected chi connectivity index (χ0v) is 17.3. The maximum absolute atomic E-state index is 13.5. The van der Waals surface area contributed by atoms with Crippen LogP contribution in [-0.4, -0.2) is 15.3 Å². The van der Waals surface area contributed by atoms with Crippen molar-refractivity contribution in [2.24, 2.45) is 0 Å². The van der Waals surface area contributed by atoms with Gasteiger partial charge in [-0.15, -0.1) is 11.3 Å². The molecule has 0 radical (unpaired) electrons. The van der Waals surface area contributed by atoms with Gasteiger partial charge < -0.3 is 0 Å². The fraction of sp³-hybridized carbons (Fsp3) is 0.136. The summed E-state index contributed by atoms with van der Waals surface area (Å²) in [5, 5.41) is 2.97. The van der Waals surface area contributed by atoms with Gasteiger partial charge >= 0.3 is 0 Å². The van der Waals surface area contributed by atoms with Gasteiger partial charge in [0.15, 0.2) is 5.78 Å². The van der Waals surface area contributed by atoms with Crippen LogP contribution >= 0.6 is 22.9 Å². The van der Waals surface area contributed by atoms with Crippen LogP contribution in [-0.2, 0) is 6.54 Å². The Morgan fingerprint density at radius 2 is 1.90 bits per heavy atom. The average Bonchev–Trinajstić information content (AvgIpc) is 3.11. The van der Waals surface area contributed by atoms with E-state index in [1.54, 1.807) is 26.0 Å². The number of carbonyl (C=O) groups excluding carboxylic acids is 1. The van der Waals surface area contributed by atoms with Crippen LogP contribution in [0.1, 0.15) is 21.7 Å². The van der Waals surface area contributed by atoms with E-state index in [1.165, 1.54) is 34.1 Å². The van der Waals surface area contributed by atoms with Crippen molar-refractivity contribution in [1.29, 1.82) is 0 Å². The Balaban J connectivity index is 1.79. The van der Waals surface area contributed by atoms with Crippen molar-refractivity contribution in [1.82, 2.24) is 9.55 Å². The largest absolute Gasteiger partial charge is 0.292 e. The molecular formula is C22H16ClFN2O2S. The van der Waals surface area contributed by atoms with E-state index in [2.05, 4.69) is 4.98 Å². The van der Waals surface area contributed by atoms with E-state index in [9.17, 15) is 14.0 Å². The quantitative estimate of drug-likeness (QED) is 0.409. The second-order valence-corrected chi connectivity index (χ2v) is 8.07. The van der Waals surface area contributed by atoms with E-state index in [4.69, 9.17) is 11.6 Å². The van der Waals surface area contributed by atoms with Gasteiger partial charge in [0.05, 0.1) is 11.9 Å². The number of hydrogen-bond acceptors (Lipinski definition) is 4. The molecule has 0 spiro atoms. The summed E-state index contributed by atoms with van der Waals surface area (Å²) in [6.07, 6.45) is 0. The highest BCUT2D eigenvalue weighted by molar-refractivity contribution is 7.17. The third-order valence-corrected chi connectivity index (χ3v) is 5.95. The summed E-state index contributed by atoms with van der Waals surface area (Å²) in [6, 6.07) is 11.4. The van der Waals surface area contributed by atoms with Crippen molar-refractivity contribution in [2.75, 3.05) is 0 Å². The lowest BCUT2D eigenvalue weighted by Gasteiger charge is -2.10. The summed E-state index contributed by atoms with van der Waals surface area (Å²) in [5.74, 6) is -0.189. The lowest BCUT2D eigenvalue weighted by molar-refractivity contribution is 0.0969. The fourth-order valence-electron chi connectivity index (χ4n) is 3.21. The van der Waals surface area contributed by atoms with Gasteiger partial charge in [0.25, 0.3) is 5.56 Å². The highest BCUT2D eigenvalue weighted by Crippen LogP contribution is 2.31. The topological polar surface area (TPSA) is 52.0 Å². The molecular weight excluding hydrogens is 411 g/mol. The Labute approximate surface area is 175 Å². The number of halogens is 2. The van der Waals surface area contributed by atoms with E-state index < -0.39 is 0 Å². The van der Waals surface area contributed by atoms with Gasteiger partial charge in [-0.3, -0.25) is 14.2 Å². The minimum atomic E-state index is -0.371. The molecule has 0 fully saturated rings. The SMILES string of the molecule is Cc1cc(C(=O)Cn2c(C)nc3scc(-c4ccc(Cl)cc4)c3c2=O)ccc1F. The number of carbonyl (C=O) groups is 1. The Hall–Kier alpha value is -2.83. The van der Waals surface area contributed by atoms with Crippen LogP contribution in [0.4, 0.5) is 4.39 Å². The Morgan fingerprint density at radius 1 is 1.17 bits per heavy atom. The summed E-state index contributed by atoms with van der Waals surface area (Å²) in [6.45, 7) is 3.14. The smallest absolute Gasteiger partial charge is 0.263 e. The van der Waals surface area contributed by atoms with Crippen LogP contribution < -0.4 is 5.56 Å². The van der Waals surface area contributed by atoms with Crippen molar-refractivity contribution in [2.45, 2.75) is 20.4 Å². The summed E-state index contributed by atoms with van der Waals surface area (Å²) in [5.41, 5.74) is 2.09. The molecule has 4 rings (SSSR count). The molecule has 2 heterocycles. The molecule has 0 aliphatic rings. The number of aryl methyl sites for hydroxylation is 2. The number of nitrogens with zero attached hydrogens (tertiary/aromatic N) is 2. The number of rotatable bonds is 4. The van der Waals surface area contributed by atoms with Gasteiger partial charge in [-0.25, -0.2) is 9.37 Å². The molecule has 0 atom stereocenters. The summed E-state index contributed by atoms with van der Waals surface area (Å²) in [4.78, 5) is 31.1. The zero-order valence-electron chi connectivity index (χ0n) is 15.7. The van der Waals surface area contributed by atoms with Crippen molar-refractivity contribution >= 4 is 38.9 Å². The molecule has 2 aromatic carbocycles. The van der Waals surface area contributed by atoms with E-state index in [0.29, 0.717) is 32.2 Å². The second-order valence-electron chi connectivity index (χ2n) is 6.77. The van der Waals surface area contributed by atoms with Crippen LogP contribution in [0.2, 0.25) is 5.02 Å². The van der Waals surface area contributed by atoms with Gasteiger partial charge in [-0.05, 0) is 55.3 Å². The molecule has 2 aromatic heterocycles. The van der Waals surface area contributed by atoms with E-state index in [1.807, 2.05) is 17.5 Å². The first-order valence-corrected chi connectivity index (χ1v) is 10.1. The Kier molecular flexibility index (Phi) is 5.06. The number of fused-ring (bicyclic) bond motifs is 1. The number of aromatic nitrogens is 2. The van der Waals surface area contributed by atoms with E-state index >= 15 is 0 Å². The first kappa shape index (κ1) is 19.5. The van der Waals surface area contributed by atoms with Gasteiger partial charge in [0.2, 0.25) is 0 Å². The maximum Gasteiger partial charge on any atom is 0.263 e. The number of thiophene rings is 1. The molecule has 0 saturated heterocycles. The zero-order chi connectivity index (χ0) is 20.7. The highest BCUT2D eigenvalue weighted by atomic mass is 35.5. The van der Waals surface area contributed by atoms with Crippen LogP contribution in [0.5, 0.6) is 0 Å². The molecule has 0 bridgehead atoms. The molecule has 0 amide bonds. The Morgan fingerprint density at radius 3 is 2.59 bits per heavy atom. The van der Waals surface area contributed by atoms with Crippen molar-refractivity contribution in [3.63, 3.8) is 0 Å². The lowest BCUT2D eigenvalue weighted by Crippen LogP contribution is -2.27. The molecule has 0 aliphatic carbocycles. The molecule has 7 heteroatoms. The molecule has 4 aromatic rings. The summed E-state index contributed by atoms with van der Waals surface area (Å²) >= 11 is 7.35.